The lowest BCUT2D eigenvalue weighted by atomic mass is 9.96. The number of nitrogens with one attached hydrogen (secondary N) is 2. The summed E-state index contributed by atoms with van der Waals surface area (Å²) < 4.78 is 6.05. The second-order valence-electron chi connectivity index (χ2n) is 8.74. The van der Waals surface area contributed by atoms with Crippen LogP contribution in [0.2, 0.25) is 0 Å². The van der Waals surface area contributed by atoms with Gasteiger partial charge in [-0.2, -0.15) is 0 Å². The Morgan fingerprint density at radius 1 is 1.19 bits per heavy atom. The van der Waals surface area contributed by atoms with Gasteiger partial charge in [0.05, 0.1) is 6.61 Å². The van der Waals surface area contributed by atoms with Gasteiger partial charge in [0.1, 0.15) is 5.75 Å². The first-order chi connectivity index (χ1) is 15.5. The van der Waals surface area contributed by atoms with Gasteiger partial charge in [-0.05, 0) is 70.3 Å². The van der Waals surface area contributed by atoms with E-state index in [4.69, 9.17) is 10.5 Å². The van der Waals surface area contributed by atoms with Gasteiger partial charge < -0.3 is 26.0 Å². The summed E-state index contributed by atoms with van der Waals surface area (Å²) in [5.41, 5.74) is 7.77. The quantitative estimate of drug-likeness (QED) is 0.246. The molecule has 180 valence electrons. The van der Waals surface area contributed by atoms with Crippen molar-refractivity contribution in [3.63, 3.8) is 0 Å². The van der Waals surface area contributed by atoms with Crippen LogP contribution in [0.4, 0.5) is 0 Å². The molecule has 0 bridgehead atoms. The summed E-state index contributed by atoms with van der Waals surface area (Å²) in [5.74, 6) is 1.69. The number of primary amides is 1. The molecule has 1 aromatic rings. The predicted octanol–water partition coefficient (Wildman–Crippen LogP) is 3.21. The summed E-state index contributed by atoms with van der Waals surface area (Å²) in [6.07, 6.45) is 7.47. The Labute approximate surface area is 194 Å². The number of piperidine rings is 1. The number of amides is 1. The monoisotopic (exact) mass is 445 g/mol. The van der Waals surface area contributed by atoms with Crippen molar-refractivity contribution < 1.29 is 9.53 Å². The number of ether oxygens (including phenoxy) is 1. The van der Waals surface area contributed by atoms with E-state index in [1.54, 1.807) is 7.05 Å². The zero-order valence-electron chi connectivity index (χ0n) is 20.3. The molecule has 0 atom stereocenters. The Balaban J connectivity index is 1.66. The van der Waals surface area contributed by atoms with Crippen LogP contribution in [0.25, 0.3) is 0 Å². The van der Waals surface area contributed by atoms with Crippen molar-refractivity contribution in [1.82, 2.24) is 15.5 Å². The highest BCUT2D eigenvalue weighted by Crippen LogP contribution is 2.21. The maximum atomic E-state index is 11.3. The van der Waals surface area contributed by atoms with Crippen molar-refractivity contribution >= 4 is 11.9 Å². The Bertz CT molecular complexity index is 714. The SMILES string of the molecule is CCCCCOc1cc(C)ccc1CNC(=NC)NCCCCN1CCC(C(N)=O)CC1. The lowest BCUT2D eigenvalue weighted by Gasteiger charge is -2.30. The van der Waals surface area contributed by atoms with Gasteiger partial charge in [-0.25, -0.2) is 0 Å². The third-order valence-corrected chi connectivity index (χ3v) is 6.08. The fraction of sp³-hybridized carbons (Fsp3) is 0.680. The van der Waals surface area contributed by atoms with Crippen LogP contribution in [-0.2, 0) is 11.3 Å². The van der Waals surface area contributed by atoms with E-state index in [0.29, 0.717) is 6.54 Å². The van der Waals surface area contributed by atoms with E-state index >= 15 is 0 Å². The number of nitrogens with zero attached hydrogens (tertiary/aromatic N) is 2. The summed E-state index contributed by atoms with van der Waals surface area (Å²) in [4.78, 5) is 18.1. The van der Waals surface area contributed by atoms with Gasteiger partial charge in [-0.15, -0.1) is 0 Å². The van der Waals surface area contributed by atoms with Crippen LogP contribution in [0, 0.1) is 12.8 Å². The molecule has 1 amide bonds. The number of hydrogen-bond acceptors (Lipinski definition) is 4. The summed E-state index contributed by atoms with van der Waals surface area (Å²) in [6.45, 7) is 9.64. The Hall–Kier alpha value is -2.28. The fourth-order valence-electron chi connectivity index (χ4n) is 3.98. The molecule has 2 rings (SSSR count). The highest BCUT2D eigenvalue weighted by atomic mass is 16.5. The number of carbonyl (C=O) groups excluding carboxylic acids is 1. The number of hydrogen-bond donors (Lipinski definition) is 3. The molecule has 0 aliphatic carbocycles. The summed E-state index contributed by atoms with van der Waals surface area (Å²) >= 11 is 0. The van der Waals surface area contributed by atoms with E-state index in [0.717, 1.165) is 82.2 Å². The molecule has 7 nitrogen and oxygen atoms in total. The summed E-state index contributed by atoms with van der Waals surface area (Å²) in [7, 11) is 1.80. The van der Waals surface area contributed by atoms with Gasteiger partial charge in [0.15, 0.2) is 5.96 Å². The zero-order chi connectivity index (χ0) is 23.2. The van der Waals surface area contributed by atoms with Crippen LogP contribution in [0.3, 0.4) is 0 Å². The first-order valence-electron chi connectivity index (χ1n) is 12.2. The average Bonchev–Trinajstić information content (AvgIpc) is 2.79. The molecule has 0 unspecified atom stereocenters. The zero-order valence-corrected chi connectivity index (χ0v) is 20.3. The maximum absolute atomic E-state index is 11.3. The van der Waals surface area contributed by atoms with Gasteiger partial charge in [0.25, 0.3) is 0 Å². The number of aliphatic imine (C=N–C) groups is 1. The third kappa shape index (κ3) is 9.47. The van der Waals surface area contributed by atoms with Crippen LogP contribution in [-0.4, -0.2) is 56.6 Å². The van der Waals surface area contributed by atoms with Crippen LogP contribution < -0.4 is 21.1 Å². The van der Waals surface area contributed by atoms with Gasteiger partial charge >= 0.3 is 0 Å². The molecule has 1 aliphatic heterocycles. The second kappa shape index (κ2) is 14.7. The van der Waals surface area contributed by atoms with E-state index < -0.39 is 0 Å². The molecule has 0 radical (unpaired) electrons. The van der Waals surface area contributed by atoms with Gasteiger partial charge in [-0.3, -0.25) is 9.79 Å². The maximum Gasteiger partial charge on any atom is 0.220 e. The predicted molar refractivity (Wildman–Crippen MR) is 132 cm³/mol. The normalized spacial score (nSPS) is 15.5. The number of carbonyl (C=O) groups is 1. The third-order valence-electron chi connectivity index (χ3n) is 6.08. The molecule has 1 saturated heterocycles. The first kappa shape index (κ1) is 26.0. The van der Waals surface area contributed by atoms with E-state index in [9.17, 15) is 4.79 Å². The molecule has 4 N–H and O–H groups in total. The standard InChI is InChI=1S/C25H43N5O2/c1-4-5-8-17-32-23-18-20(2)9-10-22(23)19-29-25(27-3)28-13-6-7-14-30-15-11-21(12-16-30)24(26)31/h9-10,18,21H,4-8,11-17,19H2,1-3H3,(H2,26,31)(H2,27,28,29). The highest BCUT2D eigenvalue weighted by Gasteiger charge is 2.22. The highest BCUT2D eigenvalue weighted by molar-refractivity contribution is 5.79. The molecule has 0 aromatic heterocycles. The lowest BCUT2D eigenvalue weighted by Crippen LogP contribution is -2.39. The minimum atomic E-state index is -0.145. The molecule has 1 aliphatic rings. The molecule has 32 heavy (non-hydrogen) atoms. The molecule has 1 heterocycles. The molecule has 0 spiro atoms. The smallest absolute Gasteiger partial charge is 0.220 e. The minimum absolute atomic E-state index is 0.0677. The van der Waals surface area contributed by atoms with Crippen molar-refractivity contribution in [2.24, 2.45) is 16.6 Å². The van der Waals surface area contributed by atoms with E-state index in [-0.39, 0.29) is 11.8 Å². The van der Waals surface area contributed by atoms with E-state index in [1.807, 2.05) is 0 Å². The van der Waals surface area contributed by atoms with Crippen molar-refractivity contribution in [2.45, 2.75) is 65.3 Å². The molecular weight excluding hydrogens is 402 g/mol. The van der Waals surface area contributed by atoms with Gasteiger partial charge in [-0.1, -0.05) is 31.9 Å². The lowest BCUT2D eigenvalue weighted by molar-refractivity contribution is -0.123. The topological polar surface area (TPSA) is 92.0 Å². The molecule has 7 heteroatoms. The first-order valence-corrected chi connectivity index (χ1v) is 12.2. The minimum Gasteiger partial charge on any atom is -0.493 e. The Morgan fingerprint density at radius 2 is 1.97 bits per heavy atom. The number of likely N-dealkylation sites (tertiary alicyclic amines) is 1. The summed E-state index contributed by atoms with van der Waals surface area (Å²) in [6, 6.07) is 6.37. The number of rotatable bonds is 13. The van der Waals surface area contributed by atoms with Crippen molar-refractivity contribution in [3.05, 3.63) is 29.3 Å². The van der Waals surface area contributed by atoms with Crippen LogP contribution in [0.5, 0.6) is 5.75 Å². The summed E-state index contributed by atoms with van der Waals surface area (Å²) in [5, 5.41) is 6.82. The number of benzene rings is 1. The van der Waals surface area contributed by atoms with E-state index in [1.165, 1.54) is 18.4 Å². The number of aryl methyl sites for hydroxylation is 1. The number of unbranched alkanes of at least 4 members (excludes halogenated alkanes) is 3. The molecule has 1 aromatic carbocycles. The number of guanidine groups is 1. The van der Waals surface area contributed by atoms with Gasteiger partial charge in [0.2, 0.25) is 5.91 Å². The molecule has 0 saturated carbocycles. The van der Waals surface area contributed by atoms with Crippen LogP contribution >= 0.6 is 0 Å². The van der Waals surface area contributed by atoms with Gasteiger partial charge in [0, 0.05) is 31.6 Å². The number of nitrogens with two attached hydrogens (primary N) is 1. The Kier molecular flexibility index (Phi) is 11.9. The van der Waals surface area contributed by atoms with Crippen molar-refractivity contribution in [2.75, 3.05) is 39.8 Å². The van der Waals surface area contributed by atoms with E-state index in [2.05, 4.69) is 52.6 Å². The van der Waals surface area contributed by atoms with Crippen LogP contribution in [0.1, 0.15) is 63.0 Å². The fourth-order valence-corrected chi connectivity index (χ4v) is 3.98. The largest absolute Gasteiger partial charge is 0.493 e. The van der Waals surface area contributed by atoms with Crippen LogP contribution in [0.15, 0.2) is 23.2 Å². The second-order valence-corrected chi connectivity index (χ2v) is 8.74. The van der Waals surface area contributed by atoms with Crippen molar-refractivity contribution in [1.29, 1.82) is 0 Å². The van der Waals surface area contributed by atoms with Crippen molar-refractivity contribution in [3.8, 4) is 5.75 Å². The molecule has 1 fully saturated rings. The molecular formula is C25H43N5O2. The average molecular weight is 446 g/mol. The Morgan fingerprint density at radius 3 is 2.66 bits per heavy atom.